The molecule has 0 saturated carbocycles. The molecule has 33 heavy (non-hydrogen) atoms. The maximum absolute atomic E-state index is 12.8. The molecule has 0 unspecified atom stereocenters. The van der Waals surface area contributed by atoms with E-state index < -0.39 is 16.9 Å². The van der Waals surface area contributed by atoms with Crippen LogP contribution in [0.5, 0.6) is 0 Å². The molecule has 0 bridgehead atoms. The van der Waals surface area contributed by atoms with Crippen LogP contribution in [-0.4, -0.2) is 42.5 Å². The highest BCUT2D eigenvalue weighted by Crippen LogP contribution is 2.42. The fourth-order valence-electron chi connectivity index (χ4n) is 2.65. The summed E-state index contributed by atoms with van der Waals surface area (Å²) in [7, 11) is 0. The summed E-state index contributed by atoms with van der Waals surface area (Å²) in [5.41, 5.74) is -0.0637. The molecule has 0 aliphatic carbocycles. The number of carbonyl (C=O) groups excluding carboxylic acids is 2. The van der Waals surface area contributed by atoms with Crippen molar-refractivity contribution in [3.05, 3.63) is 60.1 Å². The zero-order chi connectivity index (χ0) is 24.0. The van der Waals surface area contributed by atoms with Crippen molar-refractivity contribution in [3.63, 3.8) is 0 Å². The lowest BCUT2D eigenvalue weighted by Gasteiger charge is -2.05. The Balaban J connectivity index is 2.10. The van der Waals surface area contributed by atoms with Crippen LogP contribution in [0.4, 0.5) is 15.0 Å². The van der Waals surface area contributed by atoms with Crippen molar-refractivity contribution < 1.29 is 24.0 Å². The normalized spacial score (nSPS) is 11.4. The summed E-state index contributed by atoms with van der Waals surface area (Å²) in [5.74, 6) is -1.44. The number of aliphatic imine (C=N–C) groups is 2. The van der Waals surface area contributed by atoms with Gasteiger partial charge in [0.05, 0.1) is 23.0 Å². The lowest BCUT2D eigenvalue weighted by molar-refractivity contribution is -0.380. The van der Waals surface area contributed by atoms with Gasteiger partial charge in [0.15, 0.2) is 0 Å². The van der Waals surface area contributed by atoms with Crippen LogP contribution in [0.3, 0.4) is 0 Å². The number of thiophene rings is 3. The lowest BCUT2D eigenvalue weighted by Crippen LogP contribution is -2.12. The van der Waals surface area contributed by atoms with E-state index >= 15 is 0 Å². The number of esters is 2. The van der Waals surface area contributed by atoms with Crippen LogP contribution in [0.1, 0.15) is 49.2 Å². The topological polar surface area (TPSA) is 120 Å². The second-order valence-electron chi connectivity index (χ2n) is 6.30. The first-order valence-corrected chi connectivity index (χ1v) is 12.2. The number of ether oxygens (including phenoxy) is 2. The van der Waals surface area contributed by atoms with Crippen LogP contribution in [0.15, 0.2) is 34.3 Å². The van der Waals surface area contributed by atoms with Crippen molar-refractivity contribution in [3.8, 4) is 0 Å². The fourth-order valence-corrected chi connectivity index (χ4v) is 5.06. The molecule has 3 rings (SSSR count). The van der Waals surface area contributed by atoms with Crippen LogP contribution < -0.4 is 0 Å². The molecule has 0 spiro atoms. The Labute approximate surface area is 201 Å². The number of carbonyl (C=O) groups is 2. The van der Waals surface area contributed by atoms with Crippen LogP contribution in [-0.2, 0) is 9.47 Å². The third kappa shape index (κ3) is 5.97. The maximum Gasteiger partial charge on any atom is 0.342 e. The third-order valence-corrected chi connectivity index (χ3v) is 6.91. The fraction of sp³-hybridized carbons (Fsp3) is 0.238. The SMILES string of the molecule is CCOC(=O)c1c(N=Cc2ccc(C)s2)sc(N=Cc2ccc([N+](=O)[O-])s2)c1C(=O)OCC. The molecule has 3 aromatic heterocycles. The lowest BCUT2D eigenvalue weighted by atomic mass is 10.1. The quantitative estimate of drug-likeness (QED) is 0.153. The minimum Gasteiger partial charge on any atom is -0.462 e. The number of rotatable bonds is 9. The Bertz CT molecular complexity index is 1240. The summed E-state index contributed by atoms with van der Waals surface area (Å²) in [5, 5.41) is 11.3. The predicted octanol–water partition coefficient (Wildman–Crippen LogP) is 5.94. The Kier molecular flexibility index (Phi) is 8.20. The molecule has 172 valence electrons. The van der Waals surface area contributed by atoms with E-state index in [9.17, 15) is 19.7 Å². The molecule has 0 aromatic carbocycles. The van der Waals surface area contributed by atoms with Crippen molar-refractivity contribution in [2.75, 3.05) is 13.2 Å². The van der Waals surface area contributed by atoms with Crippen LogP contribution in [0.25, 0.3) is 0 Å². The Morgan fingerprint density at radius 1 is 0.909 bits per heavy atom. The van der Waals surface area contributed by atoms with E-state index in [1.165, 1.54) is 23.6 Å². The summed E-state index contributed by atoms with van der Waals surface area (Å²) in [6, 6.07) is 6.77. The van der Waals surface area contributed by atoms with Gasteiger partial charge in [-0.2, -0.15) is 0 Å². The van der Waals surface area contributed by atoms with Gasteiger partial charge in [0, 0.05) is 28.2 Å². The molecule has 12 heteroatoms. The molecular weight excluding hydrogens is 486 g/mol. The van der Waals surface area contributed by atoms with Crippen molar-refractivity contribution in [1.82, 2.24) is 0 Å². The first kappa shape index (κ1) is 24.4. The average Bonchev–Trinajstić information content (AvgIpc) is 3.49. The Morgan fingerprint density at radius 2 is 1.42 bits per heavy atom. The van der Waals surface area contributed by atoms with Crippen LogP contribution in [0, 0.1) is 17.0 Å². The highest BCUT2D eigenvalue weighted by Gasteiger charge is 2.30. The number of hydrogen-bond acceptors (Lipinski definition) is 11. The van der Waals surface area contributed by atoms with Crippen molar-refractivity contribution >= 4 is 73.4 Å². The van der Waals surface area contributed by atoms with E-state index in [0.29, 0.717) is 4.88 Å². The molecule has 0 amide bonds. The second-order valence-corrected chi connectivity index (χ2v) is 9.69. The summed E-state index contributed by atoms with van der Waals surface area (Å²) < 4.78 is 10.3. The van der Waals surface area contributed by atoms with Crippen LogP contribution in [0.2, 0.25) is 0 Å². The predicted molar refractivity (Wildman–Crippen MR) is 131 cm³/mol. The number of nitro groups is 1. The van der Waals surface area contributed by atoms with Gasteiger partial charge < -0.3 is 9.47 Å². The van der Waals surface area contributed by atoms with Crippen molar-refractivity contribution in [2.45, 2.75) is 20.8 Å². The molecule has 0 N–H and O–H groups in total. The zero-order valence-electron chi connectivity index (χ0n) is 17.9. The number of nitrogens with zero attached hydrogens (tertiary/aromatic N) is 3. The first-order chi connectivity index (χ1) is 15.8. The smallest absolute Gasteiger partial charge is 0.342 e. The van der Waals surface area contributed by atoms with Gasteiger partial charge in [-0.3, -0.25) is 10.1 Å². The third-order valence-electron chi connectivity index (χ3n) is 4.00. The van der Waals surface area contributed by atoms with Gasteiger partial charge >= 0.3 is 16.9 Å². The minimum absolute atomic E-state index is 0.0193. The van der Waals surface area contributed by atoms with E-state index in [4.69, 9.17) is 9.47 Å². The molecule has 9 nitrogen and oxygen atoms in total. The van der Waals surface area contributed by atoms with Gasteiger partial charge in [-0.05, 0) is 39.0 Å². The highest BCUT2D eigenvalue weighted by atomic mass is 32.1. The second kappa shape index (κ2) is 11.1. The molecular formula is C21H19N3O6S3. The van der Waals surface area contributed by atoms with Crippen molar-refractivity contribution in [2.24, 2.45) is 9.98 Å². The highest BCUT2D eigenvalue weighted by molar-refractivity contribution is 7.20. The van der Waals surface area contributed by atoms with Gasteiger partial charge in [0.25, 0.3) is 0 Å². The summed E-state index contributed by atoms with van der Waals surface area (Å²) in [6.45, 7) is 5.50. The van der Waals surface area contributed by atoms with Crippen molar-refractivity contribution in [1.29, 1.82) is 0 Å². The van der Waals surface area contributed by atoms with E-state index in [0.717, 1.165) is 32.4 Å². The standard InChI is InChI=1S/C21H19N3O6S3/c1-4-29-20(25)16-17(21(26)30-5-2)19(23-11-14-8-9-15(32-14)24(27)28)33-18(16)22-10-13-7-6-12(3)31-13/h6-11H,4-5H2,1-3H3. The van der Waals surface area contributed by atoms with E-state index in [1.807, 2.05) is 19.1 Å². The zero-order valence-corrected chi connectivity index (χ0v) is 20.3. The number of aryl methyl sites for hydroxylation is 1. The molecule has 3 heterocycles. The Hall–Kier alpha value is -3.22. The molecule has 0 saturated heterocycles. The molecule has 3 aromatic rings. The van der Waals surface area contributed by atoms with Gasteiger partial charge in [-0.15, -0.1) is 11.3 Å². The minimum atomic E-state index is -0.727. The van der Waals surface area contributed by atoms with Crippen LogP contribution >= 0.6 is 34.0 Å². The molecule has 0 atom stereocenters. The summed E-state index contributed by atoms with van der Waals surface area (Å²) >= 11 is 3.50. The number of hydrogen-bond donors (Lipinski definition) is 0. The summed E-state index contributed by atoms with van der Waals surface area (Å²) in [6.07, 6.45) is 3.01. The van der Waals surface area contributed by atoms with Gasteiger partial charge in [0.1, 0.15) is 21.1 Å². The summed E-state index contributed by atoms with van der Waals surface area (Å²) in [4.78, 5) is 47.2. The van der Waals surface area contributed by atoms with Gasteiger partial charge in [0.2, 0.25) is 0 Å². The van der Waals surface area contributed by atoms with E-state index in [-0.39, 0.29) is 39.3 Å². The average molecular weight is 506 g/mol. The molecule has 0 aliphatic rings. The molecule has 0 fully saturated rings. The van der Waals surface area contributed by atoms with E-state index in [1.54, 1.807) is 26.1 Å². The van der Waals surface area contributed by atoms with Gasteiger partial charge in [-0.25, -0.2) is 19.6 Å². The van der Waals surface area contributed by atoms with E-state index in [2.05, 4.69) is 9.98 Å². The largest absolute Gasteiger partial charge is 0.462 e. The molecule has 0 radical (unpaired) electrons. The Morgan fingerprint density at radius 3 is 1.85 bits per heavy atom. The first-order valence-electron chi connectivity index (χ1n) is 9.73. The van der Waals surface area contributed by atoms with Gasteiger partial charge in [-0.1, -0.05) is 22.7 Å². The maximum atomic E-state index is 12.8. The molecule has 0 aliphatic heterocycles. The monoisotopic (exact) mass is 505 g/mol.